The molecule has 1 aromatic heterocycles. The molecule has 1 aliphatic rings. The molecule has 0 amide bonds. The van der Waals surface area contributed by atoms with E-state index in [0.717, 1.165) is 14.9 Å². The molecular weight excluding hydrogens is 450 g/mol. The maximum Gasteiger partial charge on any atom is 0.351 e. The van der Waals surface area contributed by atoms with Crippen molar-refractivity contribution in [2.24, 2.45) is 0 Å². The van der Waals surface area contributed by atoms with Gasteiger partial charge in [-0.05, 0) is 21.5 Å². The second kappa shape index (κ2) is 9.44. The summed E-state index contributed by atoms with van der Waals surface area (Å²) in [6.45, 7) is 6.51. The van der Waals surface area contributed by atoms with Crippen molar-refractivity contribution < 1.29 is 19.4 Å². The summed E-state index contributed by atoms with van der Waals surface area (Å²) in [5.41, 5.74) is 4.91. The molecule has 4 atom stereocenters. The van der Waals surface area contributed by atoms with Gasteiger partial charge in [-0.25, -0.2) is 4.79 Å². The number of hydrogen-bond acceptors (Lipinski definition) is 7. The Balaban J connectivity index is 1.68. The third kappa shape index (κ3) is 4.33. The molecule has 1 fully saturated rings. The van der Waals surface area contributed by atoms with E-state index < -0.39 is 38.5 Å². The SMILES string of the molecule is CC(C)(C)[Si](OCC1OC(n2ccc(N)nc2=O)C(O)C1O)(c1ccccc1)c1ccccc1. The number of rotatable bonds is 6. The van der Waals surface area contributed by atoms with E-state index in [9.17, 15) is 15.0 Å². The Morgan fingerprint density at radius 1 is 1.00 bits per heavy atom. The first-order valence-corrected chi connectivity index (χ1v) is 13.2. The summed E-state index contributed by atoms with van der Waals surface area (Å²) in [5, 5.41) is 23.4. The lowest BCUT2D eigenvalue weighted by atomic mass is 10.1. The first-order chi connectivity index (χ1) is 16.1. The van der Waals surface area contributed by atoms with Crippen molar-refractivity contribution in [3.05, 3.63) is 83.4 Å². The molecule has 180 valence electrons. The molecule has 0 bridgehead atoms. The smallest absolute Gasteiger partial charge is 0.351 e. The first-order valence-electron chi connectivity index (χ1n) is 11.3. The van der Waals surface area contributed by atoms with E-state index in [4.69, 9.17) is 14.9 Å². The van der Waals surface area contributed by atoms with Crippen LogP contribution in [0.1, 0.15) is 27.0 Å². The van der Waals surface area contributed by atoms with Crippen LogP contribution in [-0.4, -0.2) is 53.0 Å². The molecule has 0 radical (unpaired) electrons. The van der Waals surface area contributed by atoms with E-state index in [-0.39, 0.29) is 17.5 Å². The number of aromatic nitrogens is 2. The average molecular weight is 482 g/mol. The van der Waals surface area contributed by atoms with Crippen molar-refractivity contribution in [3.63, 3.8) is 0 Å². The van der Waals surface area contributed by atoms with Gasteiger partial charge in [0.1, 0.15) is 24.1 Å². The molecule has 34 heavy (non-hydrogen) atoms. The Morgan fingerprint density at radius 2 is 1.56 bits per heavy atom. The highest BCUT2D eigenvalue weighted by molar-refractivity contribution is 6.99. The average Bonchev–Trinajstić information content (AvgIpc) is 3.08. The maximum absolute atomic E-state index is 12.3. The molecule has 0 aliphatic carbocycles. The number of anilines is 1. The van der Waals surface area contributed by atoms with Gasteiger partial charge in [0.15, 0.2) is 6.23 Å². The number of aliphatic hydroxyl groups is 2. The van der Waals surface area contributed by atoms with Crippen LogP contribution in [0.5, 0.6) is 0 Å². The summed E-state index contributed by atoms with van der Waals surface area (Å²) in [5.74, 6) is 0.0702. The highest BCUT2D eigenvalue weighted by Crippen LogP contribution is 2.38. The van der Waals surface area contributed by atoms with Crippen LogP contribution in [0.25, 0.3) is 0 Å². The number of nitrogen functional groups attached to an aromatic ring is 1. The minimum Gasteiger partial charge on any atom is -0.405 e. The van der Waals surface area contributed by atoms with E-state index in [1.165, 1.54) is 12.3 Å². The summed E-state index contributed by atoms with van der Waals surface area (Å²) in [7, 11) is -2.86. The number of aliphatic hydroxyl groups excluding tert-OH is 2. The van der Waals surface area contributed by atoms with Crippen molar-refractivity contribution in [1.82, 2.24) is 9.55 Å². The molecular formula is C25H31N3O5Si. The second-order valence-electron chi connectivity index (χ2n) is 9.56. The fourth-order valence-electron chi connectivity index (χ4n) is 4.68. The molecule has 0 spiro atoms. The number of hydrogen-bond donors (Lipinski definition) is 3. The van der Waals surface area contributed by atoms with Crippen molar-refractivity contribution in [2.75, 3.05) is 12.3 Å². The third-order valence-electron chi connectivity index (χ3n) is 6.34. The number of nitrogens with zero attached hydrogens (tertiary/aromatic N) is 2. The molecule has 4 rings (SSSR count). The van der Waals surface area contributed by atoms with Crippen LogP contribution in [0.4, 0.5) is 5.82 Å². The lowest BCUT2D eigenvalue weighted by molar-refractivity contribution is -0.0526. The van der Waals surface area contributed by atoms with Crippen molar-refractivity contribution in [2.45, 2.75) is 50.3 Å². The van der Waals surface area contributed by atoms with Gasteiger partial charge in [-0.15, -0.1) is 0 Å². The van der Waals surface area contributed by atoms with Gasteiger partial charge in [-0.2, -0.15) is 4.98 Å². The van der Waals surface area contributed by atoms with Gasteiger partial charge < -0.3 is 25.1 Å². The predicted molar refractivity (Wildman–Crippen MR) is 132 cm³/mol. The molecule has 4 N–H and O–H groups in total. The largest absolute Gasteiger partial charge is 0.405 e. The molecule has 9 heteroatoms. The van der Waals surface area contributed by atoms with Crippen LogP contribution in [-0.2, 0) is 9.16 Å². The Kier molecular flexibility index (Phi) is 6.75. The topological polar surface area (TPSA) is 120 Å². The summed E-state index contributed by atoms with van der Waals surface area (Å²) in [6.07, 6.45) is -3.10. The van der Waals surface area contributed by atoms with Gasteiger partial charge in [-0.3, -0.25) is 4.57 Å². The normalized spacial score (nSPS) is 23.2. The summed E-state index contributed by atoms with van der Waals surface area (Å²) in [6, 6.07) is 21.7. The zero-order valence-electron chi connectivity index (χ0n) is 19.5. The van der Waals surface area contributed by atoms with Gasteiger partial charge in [-0.1, -0.05) is 81.4 Å². The molecule has 2 aromatic carbocycles. The maximum atomic E-state index is 12.3. The molecule has 0 saturated carbocycles. The van der Waals surface area contributed by atoms with Crippen molar-refractivity contribution >= 4 is 24.5 Å². The number of ether oxygens (including phenoxy) is 1. The van der Waals surface area contributed by atoms with E-state index in [1.807, 2.05) is 36.4 Å². The molecule has 3 aromatic rings. The van der Waals surface area contributed by atoms with E-state index in [0.29, 0.717) is 0 Å². The van der Waals surface area contributed by atoms with Crippen LogP contribution in [0.2, 0.25) is 5.04 Å². The lowest BCUT2D eigenvalue weighted by Gasteiger charge is -2.43. The quantitative estimate of drug-likeness (QED) is 0.450. The van der Waals surface area contributed by atoms with E-state index in [1.54, 1.807) is 0 Å². The molecule has 1 aliphatic heterocycles. The number of nitrogens with two attached hydrogens (primary N) is 1. The fraction of sp³-hybridized carbons (Fsp3) is 0.360. The summed E-state index contributed by atoms with van der Waals surface area (Å²) >= 11 is 0. The highest BCUT2D eigenvalue weighted by Gasteiger charge is 2.52. The monoisotopic (exact) mass is 481 g/mol. The predicted octanol–water partition coefficient (Wildman–Crippen LogP) is 1.02. The Hall–Kier alpha value is -2.82. The Bertz CT molecular complexity index is 1130. The van der Waals surface area contributed by atoms with Crippen LogP contribution in [0.3, 0.4) is 0 Å². The van der Waals surface area contributed by atoms with E-state index >= 15 is 0 Å². The van der Waals surface area contributed by atoms with Gasteiger partial charge in [0, 0.05) is 6.20 Å². The van der Waals surface area contributed by atoms with E-state index in [2.05, 4.69) is 50.0 Å². The lowest BCUT2D eigenvalue weighted by Crippen LogP contribution is -2.67. The van der Waals surface area contributed by atoms with Gasteiger partial charge in [0.05, 0.1) is 6.61 Å². The summed E-state index contributed by atoms with van der Waals surface area (Å²) in [4.78, 5) is 16.0. The fourth-order valence-corrected chi connectivity index (χ4v) is 9.25. The van der Waals surface area contributed by atoms with Gasteiger partial charge in [0.2, 0.25) is 0 Å². The van der Waals surface area contributed by atoms with Crippen LogP contribution < -0.4 is 21.8 Å². The van der Waals surface area contributed by atoms with Gasteiger partial charge in [0.25, 0.3) is 8.32 Å². The Morgan fingerprint density at radius 3 is 2.06 bits per heavy atom. The Labute approximate surface area is 199 Å². The minimum atomic E-state index is -2.86. The molecule has 1 saturated heterocycles. The third-order valence-corrected chi connectivity index (χ3v) is 11.3. The van der Waals surface area contributed by atoms with Crippen LogP contribution in [0, 0.1) is 0 Å². The van der Waals surface area contributed by atoms with Gasteiger partial charge >= 0.3 is 5.69 Å². The molecule has 2 heterocycles. The highest BCUT2D eigenvalue weighted by atomic mass is 28.4. The van der Waals surface area contributed by atoms with Crippen molar-refractivity contribution in [1.29, 1.82) is 0 Å². The molecule has 4 unspecified atom stereocenters. The standard InChI is InChI=1S/C25H31N3O5Si/c1-25(2,3)34(17-10-6-4-7-11-17,18-12-8-5-9-13-18)32-16-19-21(29)22(30)23(33-19)28-15-14-20(26)27-24(28)31/h4-15,19,21-23,29-30H,16H2,1-3H3,(H2,26,27,31). The zero-order chi connectivity index (χ0) is 24.5. The summed E-state index contributed by atoms with van der Waals surface area (Å²) < 4.78 is 13.9. The van der Waals surface area contributed by atoms with Crippen LogP contribution >= 0.6 is 0 Å². The molecule has 8 nitrogen and oxygen atoms in total. The van der Waals surface area contributed by atoms with Crippen LogP contribution in [0.15, 0.2) is 77.7 Å². The first kappa shape index (κ1) is 24.3. The van der Waals surface area contributed by atoms with Crippen molar-refractivity contribution in [3.8, 4) is 0 Å². The number of benzene rings is 2. The minimum absolute atomic E-state index is 0.0408. The zero-order valence-corrected chi connectivity index (χ0v) is 20.5. The second-order valence-corrected chi connectivity index (χ2v) is 13.9.